The largest absolute Gasteiger partial charge is 0.478 e. The summed E-state index contributed by atoms with van der Waals surface area (Å²) in [6.07, 6.45) is 0. The lowest BCUT2D eigenvalue weighted by Gasteiger charge is -2.36. The Morgan fingerprint density at radius 2 is 1.63 bits per heavy atom. The van der Waals surface area contributed by atoms with Crippen LogP contribution in [0.5, 0.6) is 0 Å². The number of nitrogens with zero attached hydrogens (tertiary/aromatic N) is 2. The fourth-order valence-electron chi connectivity index (χ4n) is 3.41. The molecule has 1 heterocycles. The lowest BCUT2D eigenvalue weighted by atomic mass is 10.1. The van der Waals surface area contributed by atoms with Crippen molar-refractivity contribution in [1.82, 2.24) is 4.90 Å². The van der Waals surface area contributed by atoms with Crippen LogP contribution in [0.1, 0.15) is 22.8 Å². The monoisotopic (exact) mass is 410 g/mol. The molecule has 0 aromatic heterocycles. The molecule has 0 radical (unpaired) electrons. The van der Waals surface area contributed by atoms with Gasteiger partial charge < -0.3 is 20.6 Å². The number of hydrogen-bond donors (Lipinski definition) is 3. The number of aryl methyl sites for hydroxylation is 1. The van der Waals surface area contributed by atoms with E-state index in [0.29, 0.717) is 32.7 Å². The molecule has 3 rings (SSSR count). The number of carbonyl (C=O) groups is 3. The van der Waals surface area contributed by atoms with Crippen LogP contribution in [0.25, 0.3) is 0 Å². The molecule has 0 spiro atoms. The van der Waals surface area contributed by atoms with Gasteiger partial charge >= 0.3 is 5.97 Å². The van der Waals surface area contributed by atoms with Crippen LogP contribution in [-0.2, 0) is 9.59 Å². The standard InChI is InChI=1S/C22H26N4O4/c1-15-3-5-17(6-4-15)24-21(28)14-25-9-11-26(12-10-25)18-7-8-20(23-16(2)27)19(13-18)22(29)30/h3-8,13H,9-12,14H2,1-2H3,(H,23,27)(H,24,28)(H,29,30). The Kier molecular flexibility index (Phi) is 6.68. The van der Waals surface area contributed by atoms with E-state index in [2.05, 4.69) is 20.4 Å². The Morgan fingerprint density at radius 3 is 2.23 bits per heavy atom. The lowest BCUT2D eigenvalue weighted by Crippen LogP contribution is -2.48. The molecule has 0 bridgehead atoms. The normalized spacial score (nSPS) is 14.3. The van der Waals surface area contributed by atoms with Crippen molar-refractivity contribution in [3.8, 4) is 0 Å². The van der Waals surface area contributed by atoms with Gasteiger partial charge in [-0.15, -0.1) is 0 Å². The van der Waals surface area contributed by atoms with Gasteiger partial charge in [-0.2, -0.15) is 0 Å². The lowest BCUT2D eigenvalue weighted by molar-refractivity contribution is -0.117. The van der Waals surface area contributed by atoms with Gasteiger partial charge in [0.25, 0.3) is 0 Å². The third-order valence-electron chi connectivity index (χ3n) is 4.98. The molecule has 2 aromatic rings. The summed E-state index contributed by atoms with van der Waals surface area (Å²) in [6, 6.07) is 12.7. The fourth-order valence-corrected chi connectivity index (χ4v) is 3.41. The van der Waals surface area contributed by atoms with Crippen LogP contribution in [0.2, 0.25) is 0 Å². The molecule has 0 atom stereocenters. The minimum atomic E-state index is -1.09. The summed E-state index contributed by atoms with van der Waals surface area (Å²) in [5.74, 6) is -1.46. The predicted octanol–water partition coefficient (Wildman–Crippen LogP) is 2.41. The minimum Gasteiger partial charge on any atom is -0.478 e. The first-order valence-corrected chi connectivity index (χ1v) is 9.80. The number of piperazine rings is 1. The first kappa shape index (κ1) is 21.3. The van der Waals surface area contributed by atoms with E-state index >= 15 is 0 Å². The van der Waals surface area contributed by atoms with Gasteiger partial charge in [0.05, 0.1) is 17.8 Å². The van der Waals surface area contributed by atoms with E-state index in [9.17, 15) is 19.5 Å². The number of carbonyl (C=O) groups excluding carboxylic acids is 2. The van der Waals surface area contributed by atoms with E-state index < -0.39 is 5.97 Å². The molecular formula is C22H26N4O4. The van der Waals surface area contributed by atoms with Crippen molar-refractivity contribution in [2.45, 2.75) is 13.8 Å². The molecule has 1 aliphatic heterocycles. The number of benzene rings is 2. The van der Waals surface area contributed by atoms with Crippen LogP contribution in [-0.4, -0.2) is 60.5 Å². The van der Waals surface area contributed by atoms with Gasteiger partial charge in [-0.1, -0.05) is 17.7 Å². The van der Waals surface area contributed by atoms with Gasteiger partial charge in [0.2, 0.25) is 11.8 Å². The molecular weight excluding hydrogens is 384 g/mol. The molecule has 158 valence electrons. The number of hydrogen-bond acceptors (Lipinski definition) is 5. The van der Waals surface area contributed by atoms with Crippen LogP contribution in [0.3, 0.4) is 0 Å². The molecule has 0 saturated carbocycles. The van der Waals surface area contributed by atoms with E-state index in [-0.39, 0.29) is 23.1 Å². The van der Waals surface area contributed by atoms with Gasteiger partial charge in [-0.25, -0.2) is 4.79 Å². The van der Waals surface area contributed by atoms with Crippen molar-refractivity contribution in [1.29, 1.82) is 0 Å². The van der Waals surface area contributed by atoms with E-state index in [1.165, 1.54) is 6.92 Å². The highest BCUT2D eigenvalue weighted by atomic mass is 16.4. The first-order chi connectivity index (χ1) is 14.3. The van der Waals surface area contributed by atoms with Crippen molar-refractivity contribution >= 4 is 34.8 Å². The minimum absolute atomic E-state index is 0.0554. The second kappa shape index (κ2) is 9.41. The molecule has 0 unspecified atom stereocenters. The first-order valence-electron chi connectivity index (χ1n) is 9.80. The van der Waals surface area contributed by atoms with Crippen LogP contribution in [0.4, 0.5) is 17.1 Å². The zero-order valence-electron chi connectivity index (χ0n) is 17.1. The maximum absolute atomic E-state index is 12.3. The van der Waals surface area contributed by atoms with E-state index in [4.69, 9.17) is 0 Å². The third-order valence-corrected chi connectivity index (χ3v) is 4.98. The van der Waals surface area contributed by atoms with Crippen LogP contribution >= 0.6 is 0 Å². The molecule has 2 aromatic carbocycles. The number of carboxylic acids is 1. The topological polar surface area (TPSA) is 102 Å². The van der Waals surface area contributed by atoms with E-state index in [1.807, 2.05) is 31.2 Å². The van der Waals surface area contributed by atoms with Crippen molar-refractivity contribution in [2.24, 2.45) is 0 Å². The maximum Gasteiger partial charge on any atom is 0.337 e. The number of aromatic carboxylic acids is 1. The summed E-state index contributed by atoms with van der Waals surface area (Å²) in [5, 5.41) is 14.9. The zero-order chi connectivity index (χ0) is 21.7. The average Bonchev–Trinajstić information content (AvgIpc) is 2.70. The molecule has 1 aliphatic rings. The van der Waals surface area contributed by atoms with Gasteiger partial charge in [-0.05, 0) is 37.3 Å². The van der Waals surface area contributed by atoms with Crippen LogP contribution < -0.4 is 15.5 Å². The molecule has 1 fully saturated rings. The predicted molar refractivity (Wildman–Crippen MR) is 116 cm³/mol. The van der Waals surface area contributed by atoms with E-state index in [1.54, 1.807) is 18.2 Å². The maximum atomic E-state index is 12.3. The average molecular weight is 410 g/mol. The Hall–Kier alpha value is -3.39. The highest BCUT2D eigenvalue weighted by Gasteiger charge is 2.21. The number of carboxylic acid groups (broad SMARTS) is 1. The molecule has 8 heteroatoms. The molecule has 2 amide bonds. The smallest absolute Gasteiger partial charge is 0.337 e. The quantitative estimate of drug-likeness (QED) is 0.676. The summed E-state index contributed by atoms with van der Waals surface area (Å²) in [7, 11) is 0. The van der Waals surface area contributed by atoms with Gasteiger partial charge in [-0.3, -0.25) is 14.5 Å². The molecule has 30 heavy (non-hydrogen) atoms. The molecule has 3 N–H and O–H groups in total. The Labute approximate surface area is 175 Å². The number of rotatable bonds is 6. The second-order valence-corrected chi connectivity index (χ2v) is 7.39. The molecule has 1 saturated heterocycles. The summed E-state index contributed by atoms with van der Waals surface area (Å²) >= 11 is 0. The Balaban J connectivity index is 1.56. The van der Waals surface area contributed by atoms with Crippen LogP contribution in [0.15, 0.2) is 42.5 Å². The molecule has 0 aliphatic carbocycles. The van der Waals surface area contributed by atoms with Gasteiger partial charge in [0.15, 0.2) is 0 Å². The summed E-state index contributed by atoms with van der Waals surface area (Å²) in [6.45, 7) is 6.39. The molecule has 8 nitrogen and oxygen atoms in total. The second-order valence-electron chi connectivity index (χ2n) is 7.39. The number of amides is 2. The number of nitrogens with one attached hydrogen (secondary N) is 2. The number of anilines is 3. The Morgan fingerprint density at radius 1 is 0.967 bits per heavy atom. The summed E-state index contributed by atoms with van der Waals surface area (Å²) < 4.78 is 0. The zero-order valence-corrected chi connectivity index (χ0v) is 17.1. The van der Waals surface area contributed by atoms with Crippen molar-refractivity contribution < 1.29 is 19.5 Å². The van der Waals surface area contributed by atoms with Gasteiger partial charge in [0, 0.05) is 44.5 Å². The highest BCUT2D eigenvalue weighted by molar-refractivity contribution is 6.00. The van der Waals surface area contributed by atoms with Crippen molar-refractivity contribution in [3.63, 3.8) is 0 Å². The van der Waals surface area contributed by atoms with Crippen molar-refractivity contribution in [3.05, 3.63) is 53.6 Å². The third kappa shape index (κ3) is 5.57. The van der Waals surface area contributed by atoms with Crippen molar-refractivity contribution in [2.75, 3.05) is 48.3 Å². The fraction of sp³-hybridized carbons (Fsp3) is 0.318. The van der Waals surface area contributed by atoms with Gasteiger partial charge in [0.1, 0.15) is 0 Å². The van der Waals surface area contributed by atoms with E-state index in [0.717, 1.165) is 16.9 Å². The highest BCUT2D eigenvalue weighted by Crippen LogP contribution is 2.24. The van der Waals surface area contributed by atoms with Crippen LogP contribution in [0, 0.1) is 6.92 Å². The SMILES string of the molecule is CC(=O)Nc1ccc(N2CCN(CC(=O)Nc3ccc(C)cc3)CC2)cc1C(=O)O. The summed E-state index contributed by atoms with van der Waals surface area (Å²) in [5.41, 5.74) is 3.04. The Bertz CT molecular complexity index is 935. The summed E-state index contributed by atoms with van der Waals surface area (Å²) in [4.78, 5) is 39.3.